The average molecular weight is 262 g/mol. The molecular formula is C15H22N2O2. The normalized spacial score (nSPS) is 14.3. The van der Waals surface area contributed by atoms with E-state index in [2.05, 4.69) is 5.32 Å². The zero-order valence-corrected chi connectivity index (χ0v) is 11.2. The van der Waals surface area contributed by atoms with Crippen molar-refractivity contribution in [1.82, 2.24) is 5.32 Å². The van der Waals surface area contributed by atoms with E-state index < -0.39 is 0 Å². The number of amides is 1. The van der Waals surface area contributed by atoms with E-state index in [1.165, 1.54) is 12.8 Å². The van der Waals surface area contributed by atoms with Gasteiger partial charge in [0.05, 0.1) is 6.42 Å². The van der Waals surface area contributed by atoms with Crippen molar-refractivity contribution in [3.8, 4) is 0 Å². The quantitative estimate of drug-likeness (QED) is 0.554. The lowest BCUT2D eigenvalue weighted by molar-refractivity contribution is -0.120. The third-order valence-corrected chi connectivity index (χ3v) is 3.18. The maximum atomic E-state index is 11.7. The van der Waals surface area contributed by atoms with Gasteiger partial charge in [-0.25, -0.2) is 0 Å². The average Bonchev–Trinajstić information content (AvgIpc) is 3.20. The molecule has 0 atom stereocenters. The zero-order chi connectivity index (χ0) is 13.5. The van der Waals surface area contributed by atoms with Crippen LogP contribution >= 0.6 is 0 Å². The maximum Gasteiger partial charge on any atom is 0.224 e. The first-order valence-electron chi connectivity index (χ1n) is 6.93. The Morgan fingerprint density at radius 2 is 2.05 bits per heavy atom. The van der Waals surface area contributed by atoms with Crippen molar-refractivity contribution in [3.63, 3.8) is 0 Å². The van der Waals surface area contributed by atoms with Gasteiger partial charge in [0.25, 0.3) is 0 Å². The van der Waals surface area contributed by atoms with Crippen LogP contribution in [-0.4, -0.2) is 25.7 Å². The first-order valence-corrected chi connectivity index (χ1v) is 6.93. The second kappa shape index (κ2) is 7.14. The van der Waals surface area contributed by atoms with Crippen LogP contribution in [0.2, 0.25) is 0 Å². The van der Waals surface area contributed by atoms with Crippen LogP contribution in [0.3, 0.4) is 0 Å². The highest BCUT2D eigenvalue weighted by atomic mass is 16.5. The van der Waals surface area contributed by atoms with E-state index in [4.69, 9.17) is 10.5 Å². The number of carbonyl (C=O) groups excluding carboxylic acids is 1. The van der Waals surface area contributed by atoms with E-state index in [1.807, 2.05) is 24.3 Å². The largest absolute Gasteiger partial charge is 0.399 e. The van der Waals surface area contributed by atoms with Crippen LogP contribution in [0.4, 0.5) is 5.69 Å². The van der Waals surface area contributed by atoms with Gasteiger partial charge in [0.2, 0.25) is 5.91 Å². The van der Waals surface area contributed by atoms with Gasteiger partial charge in [-0.15, -0.1) is 0 Å². The molecule has 0 unspecified atom stereocenters. The summed E-state index contributed by atoms with van der Waals surface area (Å²) in [6.07, 6.45) is 3.92. The third kappa shape index (κ3) is 5.75. The van der Waals surface area contributed by atoms with E-state index >= 15 is 0 Å². The van der Waals surface area contributed by atoms with Crippen LogP contribution in [0.5, 0.6) is 0 Å². The molecule has 1 aliphatic carbocycles. The number of rotatable bonds is 8. The number of hydrogen-bond donors (Lipinski definition) is 2. The summed E-state index contributed by atoms with van der Waals surface area (Å²) in [6, 6.07) is 7.39. The maximum absolute atomic E-state index is 11.7. The molecule has 1 aliphatic rings. The van der Waals surface area contributed by atoms with Gasteiger partial charge in [0.1, 0.15) is 0 Å². The predicted octanol–water partition coefficient (Wildman–Crippen LogP) is 1.74. The molecular weight excluding hydrogens is 240 g/mol. The van der Waals surface area contributed by atoms with Crippen molar-refractivity contribution in [2.75, 3.05) is 25.5 Å². The Morgan fingerprint density at radius 1 is 1.32 bits per heavy atom. The summed E-state index contributed by atoms with van der Waals surface area (Å²) in [4.78, 5) is 11.7. The Bertz CT molecular complexity index is 399. The van der Waals surface area contributed by atoms with E-state index in [0.29, 0.717) is 13.0 Å². The lowest BCUT2D eigenvalue weighted by atomic mass is 10.1. The van der Waals surface area contributed by atoms with E-state index in [-0.39, 0.29) is 5.91 Å². The molecule has 4 nitrogen and oxygen atoms in total. The molecule has 1 fully saturated rings. The summed E-state index contributed by atoms with van der Waals surface area (Å²) in [5.74, 6) is 0.854. The van der Waals surface area contributed by atoms with Crippen molar-refractivity contribution in [3.05, 3.63) is 29.8 Å². The highest BCUT2D eigenvalue weighted by Crippen LogP contribution is 2.28. The fourth-order valence-electron chi connectivity index (χ4n) is 1.82. The zero-order valence-electron chi connectivity index (χ0n) is 11.2. The Hall–Kier alpha value is -1.55. The minimum atomic E-state index is 0.0481. The third-order valence-electron chi connectivity index (χ3n) is 3.18. The Labute approximate surface area is 114 Å². The van der Waals surface area contributed by atoms with Crippen LogP contribution in [-0.2, 0) is 16.0 Å². The molecule has 104 valence electrons. The van der Waals surface area contributed by atoms with Gasteiger partial charge in [0, 0.05) is 25.4 Å². The van der Waals surface area contributed by atoms with Gasteiger partial charge < -0.3 is 15.8 Å². The molecule has 0 aromatic heterocycles. The van der Waals surface area contributed by atoms with E-state index in [1.54, 1.807) is 0 Å². The number of benzene rings is 1. The molecule has 2 rings (SSSR count). The van der Waals surface area contributed by atoms with Gasteiger partial charge in [-0.1, -0.05) is 12.1 Å². The van der Waals surface area contributed by atoms with Crippen LogP contribution < -0.4 is 11.1 Å². The van der Waals surface area contributed by atoms with Gasteiger partial charge in [-0.3, -0.25) is 4.79 Å². The standard InChI is InChI=1S/C15H22N2O2/c16-14-6-4-12(5-7-14)10-15(18)17-8-1-9-19-11-13-2-3-13/h4-7,13H,1-3,8-11,16H2,(H,17,18). The lowest BCUT2D eigenvalue weighted by Crippen LogP contribution is -2.26. The molecule has 0 saturated heterocycles. The molecule has 1 saturated carbocycles. The van der Waals surface area contributed by atoms with Crippen LogP contribution in [0.15, 0.2) is 24.3 Å². The highest BCUT2D eigenvalue weighted by molar-refractivity contribution is 5.78. The van der Waals surface area contributed by atoms with Crippen molar-refractivity contribution in [2.45, 2.75) is 25.7 Å². The van der Waals surface area contributed by atoms with Crippen LogP contribution in [0.1, 0.15) is 24.8 Å². The Balaban J connectivity index is 1.52. The fraction of sp³-hybridized carbons (Fsp3) is 0.533. The number of nitrogen functional groups attached to an aromatic ring is 1. The van der Waals surface area contributed by atoms with Gasteiger partial charge in [0.15, 0.2) is 0 Å². The number of ether oxygens (including phenoxy) is 1. The molecule has 0 aliphatic heterocycles. The van der Waals surface area contributed by atoms with Gasteiger partial charge >= 0.3 is 0 Å². The molecule has 3 N–H and O–H groups in total. The second-order valence-electron chi connectivity index (χ2n) is 5.14. The van der Waals surface area contributed by atoms with Gasteiger partial charge in [-0.2, -0.15) is 0 Å². The van der Waals surface area contributed by atoms with E-state index in [9.17, 15) is 4.79 Å². The molecule has 1 aromatic carbocycles. The van der Waals surface area contributed by atoms with Crippen molar-refractivity contribution in [1.29, 1.82) is 0 Å². The van der Waals surface area contributed by atoms with Crippen molar-refractivity contribution >= 4 is 11.6 Å². The summed E-state index contributed by atoms with van der Waals surface area (Å²) in [7, 11) is 0. The summed E-state index contributed by atoms with van der Waals surface area (Å²) >= 11 is 0. The van der Waals surface area contributed by atoms with E-state index in [0.717, 1.165) is 36.8 Å². The number of hydrogen-bond acceptors (Lipinski definition) is 3. The number of nitrogens with one attached hydrogen (secondary N) is 1. The summed E-state index contributed by atoms with van der Waals surface area (Å²) in [5.41, 5.74) is 7.30. The fourth-order valence-corrected chi connectivity index (χ4v) is 1.82. The lowest BCUT2D eigenvalue weighted by Gasteiger charge is -2.06. The monoisotopic (exact) mass is 262 g/mol. The highest BCUT2D eigenvalue weighted by Gasteiger charge is 2.20. The SMILES string of the molecule is Nc1ccc(CC(=O)NCCCOCC2CC2)cc1. The summed E-state index contributed by atoms with van der Waals surface area (Å²) in [6.45, 7) is 2.30. The molecule has 0 spiro atoms. The minimum Gasteiger partial charge on any atom is -0.399 e. The second-order valence-corrected chi connectivity index (χ2v) is 5.14. The molecule has 4 heteroatoms. The molecule has 1 amide bonds. The molecule has 0 bridgehead atoms. The first-order chi connectivity index (χ1) is 9.24. The van der Waals surface area contributed by atoms with Crippen molar-refractivity contribution < 1.29 is 9.53 Å². The number of nitrogens with two attached hydrogens (primary N) is 1. The predicted molar refractivity (Wildman–Crippen MR) is 75.7 cm³/mol. The summed E-state index contributed by atoms with van der Waals surface area (Å²) in [5, 5.41) is 2.90. The minimum absolute atomic E-state index is 0.0481. The first kappa shape index (κ1) is 13.9. The number of anilines is 1. The Morgan fingerprint density at radius 3 is 2.74 bits per heavy atom. The van der Waals surface area contributed by atoms with Gasteiger partial charge in [-0.05, 0) is 42.9 Å². The molecule has 0 heterocycles. The summed E-state index contributed by atoms with van der Waals surface area (Å²) < 4.78 is 5.51. The molecule has 19 heavy (non-hydrogen) atoms. The van der Waals surface area contributed by atoms with Crippen molar-refractivity contribution in [2.24, 2.45) is 5.92 Å². The Kier molecular flexibility index (Phi) is 5.21. The van der Waals surface area contributed by atoms with Crippen LogP contribution in [0.25, 0.3) is 0 Å². The van der Waals surface area contributed by atoms with Crippen LogP contribution in [0, 0.1) is 5.92 Å². The number of carbonyl (C=O) groups is 1. The molecule has 0 radical (unpaired) electrons. The molecule has 1 aromatic rings. The topological polar surface area (TPSA) is 64.4 Å². The smallest absolute Gasteiger partial charge is 0.224 e.